The van der Waals surface area contributed by atoms with E-state index in [0.717, 1.165) is 25.7 Å². The zero-order valence-electron chi connectivity index (χ0n) is 10.5. The zero-order chi connectivity index (χ0) is 12.9. The first-order valence-electron chi connectivity index (χ1n) is 6.44. The van der Waals surface area contributed by atoms with Crippen LogP contribution in [-0.2, 0) is 9.84 Å². The van der Waals surface area contributed by atoms with Gasteiger partial charge >= 0.3 is 0 Å². The molecule has 0 aromatic carbocycles. The molecule has 2 atom stereocenters. The van der Waals surface area contributed by atoms with Gasteiger partial charge in [0.2, 0.25) is 0 Å². The second-order valence-electron chi connectivity index (χ2n) is 5.23. The van der Waals surface area contributed by atoms with E-state index in [-0.39, 0.29) is 11.7 Å². The molecule has 2 unspecified atom stereocenters. The van der Waals surface area contributed by atoms with Gasteiger partial charge in [0.15, 0.2) is 0 Å². The van der Waals surface area contributed by atoms with E-state index in [2.05, 4.69) is 0 Å². The topological polar surface area (TPSA) is 74.6 Å². The van der Waals surface area contributed by atoms with Crippen molar-refractivity contribution < 1.29 is 18.6 Å². The van der Waals surface area contributed by atoms with E-state index in [4.69, 9.17) is 0 Å². The smallest absolute Gasteiger partial charge is 0.147 e. The Kier molecular flexibility index (Phi) is 5.89. The van der Waals surface area contributed by atoms with Crippen molar-refractivity contribution in [3.05, 3.63) is 0 Å². The average Bonchev–Trinajstić information content (AvgIpc) is 2.27. The van der Waals surface area contributed by atoms with Crippen molar-refractivity contribution in [2.24, 2.45) is 5.92 Å². The summed E-state index contributed by atoms with van der Waals surface area (Å²) in [5, 5.41) is 19.8. The largest absolute Gasteiger partial charge is 0.390 e. The second-order valence-corrected chi connectivity index (χ2v) is 7.49. The van der Waals surface area contributed by atoms with Crippen molar-refractivity contribution in [2.75, 3.05) is 12.0 Å². The monoisotopic (exact) mass is 264 g/mol. The molecule has 0 radical (unpaired) electrons. The van der Waals surface area contributed by atoms with Crippen LogP contribution in [0.3, 0.4) is 0 Å². The van der Waals surface area contributed by atoms with E-state index in [1.54, 1.807) is 0 Å². The molecule has 4 nitrogen and oxygen atoms in total. The predicted molar refractivity (Wildman–Crippen MR) is 67.5 cm³/mol. The SMILES string of the molecule is CS(=O)(=O)CCCC(O)C(O)C1CCCCC1. The lowest BCUT2D eigenvalue weighted by molar-refractivity contribution is -0.0306. The summed E-state index contributed by atoms with van der Waals surface area (Å²) in [4.78, 5) is 0. The fourth-order valence-corrected chi connectivity index (χ4v) is 3.21. The van der Waals surface area contributed by atoms with Gasteiger partial charge in [0.1, 0.15) is 9.84 Å². The Morgan fingerprint density at radius 2 is 1.76 bits per heavy atom. The van der Waals surface area contributed by atoms with Crippen LogP contribution in [-0.4, -0.2) is 42.8 Å². The van der Waals surface area contributed by atoms with Crippen LogP contribution < -0.4 is 0 Å². The molecule has 1 saturated carbocycles. The van der Waals surface area contributed by atoms with Gasteiger partial charge in [-0.1, -0.05) is 19.3 Å². The number of rotatable bonds is 6. The third-order valence-electron chi connectivity index (χ3n) is 3.54. The number of hydrogen-bond donors (Lipinski definition) is 2. The van der Waals surface area contributed by atoms with Crippen LogP contribution in [0.4, 0.5) is 0 Å². The Balaban J connectivity index is 2.28. The molecule has 1 rings (SSSR count). The van der Waals surface area contributed by atoms with E-state index in [9.17, 15) is 18.6 Å². The molecule has 2 N–H and O–H groups in total. The van der Waals surface area contributed by atoms with Gasteiger partial charge in [-0.3, -0.25) is 0 Å². The van der Waals surface area contributed by atoms with E-state index in [1.807, 2.05) is 0 Å². The van der Waals surface area contributed by atoms with Gasteiger partial charge in [-0.15, -0.1) is 0 Å². The van der Waals surface area contributed by atoms with Gasteiger partial charge in [-0.05, 0) is 31.6 Å². The van der Waals surface area contributed by atoms with Crippen LogP contribution in [0.15, 0.2) is 0 Å². The molecule has 0 aromatic heterocycles. The summed E-state index contributed by atoms with van der Waals surface area (Å²) in [6.45, 7) is 0. The van der Waals surface area contributed by atoms with E-state index < -0.39 is 22.0 Å². The molecule has 0 spiro atoms. The van der Waals surface area contributed by atoms with Gasteiger partial charge in [0.25, 0.3) is 0 Å². The molecule has 0 saturated heterocycles. The molecule has 0 aliphatic heterocycles. The van der Waals surface area contributed by atoms with Gasteiger partial charge in [0, 0.05) is 12.0 Å². The molecule has 1 aliphatic carbocycles. The maximum Gasteiger partial charge on any atom is 0.147 e. The minimum atomic E-state index is -2.96. The predicted octanol–water partition coefficient (Wildman–Crippen LogP) is 1.11. The second kappa shape index (κ2) is 6.71. The van der Waals surface area contributed by atoms with Crippen molar-refractivity contribution in [3.8, 4) is 0 Å². The third kappa shape index (κ3) is 5.84. The highest BCUT2D eigenvalue weighted by molar-refractivity contribution is 7.90. The first-order valence-corrected chi connectivity index (χ1v) is 8.50. The fraction of sp³-hybridized carbons (Fsp3) is 1.00. The highest BCUT2D eigenvalue weighted by atomic mass is 32.2. The summed E-state index contributed by atoms with van der Waals surface area (Å²) in [5.74, 6) is 0.276. The molecule has 1 fully saturated rings. The first kappa shape index (κ1) is 14.9. The summed E-state index contributed by atoms with van der Waals surface area (Å²) in [5.41, 5.74) is 0. The molecular formula is C12H24O4S. The summed E-state index contributed by atoms with van der Waals surface area (Å²) < 4.78 is 21.9. The Morgan fingerprint density at radius 1 is 1.18 bits per heavy atom. The molecule has 0 heterocycles. The maximum atomic E-state index is 10.9. The van der Waals surface area contributed by atoms with E-state index >= 15 is 0 Å². The number of aliphatic hydroxyl groups is 2. The Hall–Kier alpha value is -0.130. The van der Waals surface area contributed by atoms with Gasteiger partial charge < -0.3 is 10.2 Å². The highest BCUT2D eigenvalue weighted by Gasteiger charge is 2.27. The number of aliphatic hydroxyl groups excluding tert-OH is 2. The van der Waals surface area contributed by atoms with Crippen molar-refractivity contribution in [2.45, 2.75) is 57.2 Å². The summed E-state index contributed by atoms with van der Waals surface area (Å²) >= 11 is 0. The lowest BCUT2D eigenvalue weighted by Crippen LogP contribution is -2.34. The lowest BCUT2D eigenvalue weighted by Gasteiger charge is -2.29. The molecular weight excluding hydrogens is 240 g/mol. The fourth-order valence-electron chi connectivity index (χ4n) is 2.52. The Labute approximate surface area is 104 Å². The van der Waals surface area contributed by atoms with Crippen LogP contribution in [0.25, 0.3) is 0 Å². The quantitative estimate of drug-likeness (QED) is 0.753. The van der Waals surface area contributed by atoms with E-state index in [0.29, 0.717) is 12.8 Å². The number of sulfone groups is 1. The van der Waals surface area contributed by atoms with Gasteiger partial charge in [0.05, 0.1) is 12.2 Å². The Morgan fingerprint density at radius 3 is 2.29 bits per heavy atom. The average molecular weight is 264 g/mol. The van der Waals surface area contributed by atoms with Crippen LogP contribution in [0.1, 0.15) is 44.9 Å². The first-order chi connectivity index (χ1) is 7.90. The minimum Gasteiger partial charge on any atom is -0.390 e. The molecule has 5 heteroatoms. The number of hydrogen-bond acceptors (Lipinski definition) is 4. The van der Waals surface area contributed by atoms with E-state index in [1.165, 1.54) is 12.7 Å². The third-order valence-corrected chi connectivity index (χ3v) is 4.57. The minimum absolute atomic E-state index is 0.0848. The lowest BCUT2D eigenvalue weighted by atomic mass is 9.82. The van der Waals surface area contributed by atoms with Gasteiger partial charge in [-0.2, -0.15) is 0 Å². The van der Waals surface area contributed by atoms with Crippen molar-refractivity contribution in [1.29, 1.82) is 0 Å². The summed E-state index contributed by atoms with van der Waals surface area (Å²) in [7, 11) is -2.96. The molecule has 0 amide bonds. The zero-order valence-corrected chi connectivity index (χ0v) is 11.3. The maximum absolute atomic E-state index is 10.9. The molecule has 0 aromatic rings. The molecule has 1 aliphatic rings. The molecule has 17 heavy (non-hydrogen) atoms. The highest BCUT2D eigenvalue weighted by Crippen LogP contribution is 2.28. The van der Waals surface area contributed by atoms with Crippen molar-refractivity contribution in [3.63, 3.8) is 0 Å². The molecule has 102 valence electrons. The van der Waals surface area contributed by atoms with Crippen LogP contribution in [0.2, 0.25) is 0 Å². The van der Waals surface area contributed by atoms with Crippen LogP contribution in [0.5, 0.6) is 0 Å². The molecule has 0 bridgehead atoms. The summed E-state index contributed by atoms with van der Waals surface area (Å²) in [6, 6.07) is 0. The Bertz CT molecular complexity index is 306. The summed E-state index contributed by atoms with van der Waals surface area (Å²) in [6.07, 6.45) is 5.93. The van der Waals surface area contributed by atoms with Crippen LogP contribution >= 0.6 is 0 Å². The normalized spacial score (nSPS) is 22.3. The van der Waals surface area contributed by atoms with Crippen LogP contribution in [0, 0.1) is 5.92 Å². The van der Waals surface area contributed by atoms with Gasteiger partial charge in [-0.25, -0.2) is 8.42 Å². The van der Waals surface area contributed by atoms with Crippen molar-refractivity contribution >= 4 is 9.84 Å². The van der Waals surface area contributed by atoms with Crippen molar-refractivity contribution in [1.82, 2.24) is 0 Å². The standard InChI is InChI=1S/C12H24O4S/c1-17(15,16)9-5-8-11(13)12(14)10-6-3-2-4-7-10/h10-14H,2-9H2,1H3.